The van der Waals surface area contributed by atoms with Gasteiger partial charge in [0.05, 0.1) is 11.4 Å². The fraction of sp³-hybridized carbons (Fsp3) is 0.280. The number of nitrogens with zero attached hydrogens (tertiary/aromatic N) is 3. The van der Waals surface area contributed by atoms with Crippen LogP contribution in [0.2, 0.25) is 0 Å². The highest BCUT2D eigenvalue weighted by atomic mass is 32.2. The highest BCUT2D eigenvalue weighted by Gasteiger charge is 2.29. The number of fused-ring (bicyclic) bond motifs is 1. The highest BCUT2D eigenvalue weighted by molar-refractivity contribution is 7.89. The number of hydrazine groups is 1. The number of hydrogen-bond donors (Lipinski definition) is 3. The fourth-order valence-corrected chi connectivity index (χ4v) is 5.13. The predicted molar refractivity (Wildman–Crippen MR) is 134 cm³/mol. The van der Waals surface area contributed by atoms with Crippen molar-refractivity contribution in [2.45, 2.75) is 31.2 Å². The van der Waals surface area contributed by atoms with E-state index in [9.17, 15) is 13.2 Å². The number of sulfonamides is 1. The molecule has 0 bridgehead atoms. The number of amides is 2. The Morgan fingerprint density at radius 3 is 2.40 bits per heavy atom. The minimum atomic E-state index is -4.03. The van der Waals surface area contributed by atoms with Gasteiger partial charge in [0.2, 0.25) is 0 Å². The second-order valence-electron chi connectivity index (χ2n) is 8.82. The van der Waals surface area contributed by atoms with E-state index >= 15 is 0 Å². The minimum Gasteiger partial charge on any atom is -0.409 e. The predicted octanol–water partition coefficient (Wildman–Crippen LogP) is 3.48. The van der Waals surface area contributed by atoms with E-state index in [0.29, 0.717) is 30.1 Å². The third kappa shape index (κ3) is 5.72. The number of hydrogen-bond acceptors (Lipinski definition) is 5. The number of amidine groups is 1. The van der Waals surface area contributed by atoms with Gasteiger partial charge in [-0.25, -0.2) is 18.2 Å². The van der Waals surface area contributed by atoms with E-state index in [0.717, 1.165) is 28.6 Å². The molecule has 4 N–H and O–H groups in total. The second-order valence-corrected chi connectivity index (χ2v) is 10.5. The van der Waals surface area contributed by atoms with Crippen LogP contribution in [0.3, 0.4) is 0 Å². The van der Waals surface area contributed by atoms with E-state index in [4.69, 9.17) is 10.9 Å². The van der Waals surface area contributed by atoms with Gasteiger partial charge in [0, 0.05) is 18.7 Å². The third-order valence-corrected chi connectivity index (χ3v) is 7.58. The molecule has 1 aliphatic rings. The number of urea groups is 1. The van der Waals surface area contributed by atoms with E-state index in [1.165, 1.54) is 6.07 Å². The first-order valence-electron chi connectivity index (χ1n) is 11.4. The fourth-order valence-electron chi connectivity index (χ4n) is 4.06. The van der Waals surface area contributed by atoms with Crippen molar-refractivity contribution in [3.63, 3.8) is 0 Å². The third-order valence-electron chi connectivity index (χ3n) is 6.24. The molecule has 10 heteroatoms. The van der Waals surface area contributed by atoms with Gasteiger partial charge in [-0.3, -0.25) is 0 Å². The molecule has 184 valence electrons. The monoisotopic (exact) mass is 495 g/mol. The maximum absolute atomic E-state index is 13.4. The van der Waals surface area contributed by atoms with E-state index in [-0.39, 0.29) is 17.3 Å². The Bertz CT molecular complexity index is 1330. The van der Waals surface area contributed by atoms with Crippen LogP contribution in [0.25, 0.3) is 10.8 Å². The molecule has 9 nitrogen and oxygen atoms in total. The summed E-state index contributed by atoms with van der Waals surface area (Å²) in [6, 6.07) is 18.6. The standard InChI is InChI=1S/C25H29N5O4S/c1-18-12-14-29(15-13-18)25(31)30(17-19-6-8-21(9-7-19)24(26)27-32)28-35(33,34)23-11-10-20-4-2-3-5-22(20)16-23/h2-11,16,18,28,32H,12-15,17H2,1H3,(H2,26,27). The molecule has 0 unspecified atom stereocenters. The summed E-state index contributed by atoms with van der Waals surface area (Å²) in [7, 11) is -4.03. The summed E-state index contributed by atoms with van der Waals surface area (Å²) in [5.74, 6) is 0.483. The summed E-state index contributed by atoms with van der Waals surface area (Å²) in [5, 5.41) is 14.7. The summed E-state index contributed by atoms with van der Waals surface area (Å²) in [4.78, 5) is 17.7. The summed E-state index contributed by atoms with van der Waals surface area (Å²) in [5.41, 5.74) is 6.82. The quantitative estimate of drug-likeness (QED) is 0.209. The highest BCUT2D eigenvalue weighted by Crippen LogP contribution is 2.21. The van der Waals surface area contributed by atoms with Crippen molar-refractivity contribution in [3.05, 3.63) is 77.9 Å². The van der Waals surface area contributed by atoms with Gasteiger partial charge in [-0.15, -0.1) is 4.83 Å². The second kappa shape index (κ2) is 10.3. The van der Waals surface area contributed by atoms with Crippen molar-refractivity contribution in [1.29, 1.82) is 0 Å². The summed E-state index contributed by atoms with van der Waals surface area (Å²) >= 11 is 0. The molecule has 0 atom stereocenters. The lowest BCUT2D eigenvalue weighted by molar-refractivity contribution is 0.124. The normalized spacial score (nSPS) is 15.3. The molecule has 35 heavy (non-hydrogen) atoms. The van der Waals surface area contributed by atoms with Gasteiger partial charge in [0.1, 0.15) is 0 Å². The Morgan fingerprint density at radius 1 is 1.09 bits per heavy atom. The molecule has 0 radical (unpaired) electrons. The van der Waals surface area contributed by atoms with Gasteiger partial charge in [0.25, 0.3) is 10.0 Å². The summed E-state index contributed by atoms with van der Waals surface area (Å²) in [6.45, 7) is 3.28. The van der Waals surface area contributed by atoms with E-state index in [2.05, 4.69) is 16.9 Å². The van der Waals surface area contributed by atoms with E-state index in [1.807, 2.05) is 24.3 Å². The van der Waals surface area contributed by atoms with Crippen molar-refractivity contribution in [3.8, 4) is 0 Å². The molecular formula is C25H29N5O4S. The molecule has 1 fully saturated rings. The Kier molecular flexibility index (Phi) is 7.23. The van der Waals surface area contributed by atoms with Crippen LogP contribution in [0, 0.1) is 5.92 Å². The number of oxime groups is 1. The number of carbonyl (C=O) groups is 1. The van der Waals surface area contributed by atoms with Crippen LogP contribution in [0.4, 0.5) is 4.79 Å². The molecule has 1 aliphatic heterocycles. The molecule has 2 amide bonds. The van der Waals surface area contributed by atoms with E-state index in [1.54, 1.807) is 41.3 Å². The zero-order valence-corrected chi connectivity index (χ0v) is 20.3. The smallest absolute Gasteiger partial charge is 0.335 e. The van der Waals surface area contributed by atoms with Gasteiger partial charge in [-0.1, -0.05) is 66.7 Å². The number of benzene rings is 3. The first kappa shape index (κ1) is 24.5. The van der Waals surface area contributed by atoms with Crippen molar-refractivity contribution in [2.24, 2.45) is 16.8 Å². The lowest BCUT2D eigenvalue weighted by atomic mass is 10.00. The maximum atomic E-state index is 13.4. The van der Waals surface area contributed by atoms with Gasteiger partial charge in [-0.2, -0.15) is 0 Å². The summed E-state index contributed by atoms with van der Waals surface area (Å²) < 4.78 is 26.6. The number of carbonyl (C=O) groups excluding carboxylic acids is 1. The van der Waals surface area contributed by atoms with Gasteiger partial charge in [-0.05, 0) is 47.2 Å². The molecule has 4 rings (SSSR count). The van der Waals surface area contributed by atoms with E-state index < -0.39 is 16.1 Å². The van der Waals surface area contributed by atoms with Gasteiger partial charge < -0.3 is 15.8 Å². The molecule has 0 spiro atoms. The van der Waals surface area contributed by atoms with Crippen LogP contribution in [0.1, 0.15) is 30.9 Å². The minimum absolute atomic E-state index is 0.00809. The van der Waals surface area contributed by atoms with Crippen LogP contribution in [-0.4, -0.2) is 48.5 Å². The average molecular weight is 496 g/mol. The zero-order chi connectivity index (χ0) is 25.0. The average Bonchev–Trinajstić information content (AvgIpc) is 2.88. The topological polar surface area (TPSA) is 128 Å². The molecule has 1 saturated heterocycles. The van der Waals surface area contributed by atoms with Crippen LogP contribution in [0.5, 0.6) is 0 Å². The lowest BCUT2D eigenvalue weighted by Crippen LogP contribution is -2.53. The van der Waals surface area contributed by atoms with Crippen molar-refractivity contribution in [2.75, 3.05) is 13.1 Å². The Labute approximate surface area is 204 Å². The first-order valence-corrected chi connectivity index (χ1v) is 12.9. The molecule has 0 saturated carbocycles. The van der Waals surface area contributed by atoms with Crippen LogP contribution < -0.4 is 10.6 Å². The Morgan fingerprint density at radius 2 is 1.74 bits per heavy atom. The molecule has 0 aliphatic carbocycles. The van der Waals surface area contributed by atoms with Crippen molar-refractivity contribution >= 4 is 32.7 Å². The number of nitrogens with one attached hydrogen (secondary N) is 1. The Hall–Kier alpha value is -3.63. The maximum Gasteiger partial charge on any atom is 0.335 e. The number of likely N-dealkylation sites (tertiary alicyclic amines) is 1. The molecule has 0 aromatic heterocycles. The van der Waals surface area contributed by atoms with Gasteiger partial charge in [0.15, 0.2) is 5.84 Å². The Balaban J connectivity index is 1.61. The van der Waals surface area contributed by atoms with Crippen LogP contribution in [-0.2, 0) is 16.6 Å². The van der Waals surface area contributed by atoms with Crippen LogP contribution >= 0.6 is 0 Å². The van der Waals surface area contributed by atoms with Gasteiger partial charge >= 0.3 is 6.03 Å². The molecule has 1 heterocycles. The molecular weight excluding hydrogens is 466 g/mol. The number of piperidine rings is 1. The first-order chi connectivity index (χ1) is 16.8. The molecule has 3 aromatic carbocycles. The van der Waals surface area contributed by atoms with Crippen molar-refractivity contribution < 1.29 is 18.4 Å². The SMILES string of the molecule is CC1CCN(C(=O)N(Cc2ccc(/C(N)=N/O)cc2)NS(=O)(=O)c2ccc3ccccc3c2)CC1. The number of rotatable bonds is 6. The summed E-state index contributed by atoms with van der Waals surface area (Å²) in [6.07, 6.45) is 1.73. The lowest BCUT2D eigenvalue weighted by Gasteiger charge is -2.34. The van der Waals surface area contributed by atoms with Crippen LogP contribution in [0.15, 0.2) is 76.8 Å². The molecule has 3 aromatic rings. The zero-order valence-electron chi connectivity index (χ0n) is 19.5. The van der Waals surface area contributed by atoms with Crippen molar-refractivity contribution in [1.82, 2.24) is 14.7 Å². The number of nitrogens with two attached hydrogens (primary N) is 1. The largest absolute Gasteiger partial charge is 0.409 e.